The van der Waals surface area contributed by atoms with E-state index in [1.165, 1.54) is 0 Å². The van der Waals surface area contributed by atoms with Crippen molar-refractivity contribution in [1.29, 1.82) is 0 Å². The van der Waals surface area contributed by atoms with Gasteiger partial charge in [-0.3, -0.25) is 0 Å². The largest absolute Gasteiger partial charge is 0.395 e. The summed E-state index contributed by atoms with van der Waals surface area (Å²) in [6.07, 6.45) is -0.159. The third-order valence-electron chi connectivity index (χ3n) is 1.84. The predicted octanol–water partition coefficient (Wildman–Crippen LogP) is 2.12. The van der Waals surface area contributed by atoms with Crippen LogP contribution in [0.3, 0.4) is 0 Å². The van der Waals surface area contributed by atoms with E-state index in [-0.39, 0.29) is 6.29 Å². The van der Waals surface area contributed by atoms with Crippen molar-refractivity contribution in [2.75, 3.05) is 13.7 Å². The van der Waals surface area contributed by atoms with E-state index in [2.05, 4.69) is 13.5 Å². The molecule has 74 valence electrons. The quantitative estimate of drug-likeness (QED) is 0.476. The number of hydrogen-bond acceptors (Lipinski definition) is 3. The van der Waals surface area contributed by atoms with E-state index in [0.29, 0.717) is 6.61 Å². The first-order valence-electron chi connectivity index (χ1n) is 4.42. The van der Waals surface area contributed by atoms with Gasteiger partial charge in [-0.25, -0.2) is 0 Å². The Morgan fingerprint density at radius 2 is 1.92 bits per heavy atom. The number of hydrogen-bond donors (Lipinski definition) is 0. The summed E-state index contributed by atoms with van der Waals surface area (Å²) in [4.78, 5) is 0. The van der Waals surface area contributed by atoms with Crippen molar-refractivity contribution in [3.8, 4) is 0 Å². The lowest BCUT2D eigenvalue weighted by Gasteiger charge is -2.27. The fourth-order valence-electron chi connectivity index (χ4n) is 0.924. The third-order valence-corrected chi connectivity index (χ3v) is 4.85. The molecule has 0 N–H and O–H groups in total. The molecule has 0 aliphatic carbocycles. The van der Waals surface area contributed by atoms with Gasteiger partial charge in [0.1, 0.15) is 6.29 Å². The lowest BCUT2D eigenvalue weighted by molar-refractivity contribution is -0.0615. The van der Waals surface area contributed by atoms with Gasteiger partial charge in [0.05, 0.1) is 0 Å². The summed E-state index contributed by atoms with van der Waals surface area (Å²) in [7, 11) is -0.292. The Labute approximate surface area is 76.3 Å². The first-order valence-corrected chi connectivity index (χ1v) is 6.95. The van der Waals surface area contributed by atoms with E-state index in [4.69, 9.17) is 13.6 Å². The van der Waals surface area contributed by atoms with Crippen molar-refractivity contribution in [1.82, 2.24) is 0 Å². The summed E-state index contributed by atoms with van der Waals surface area (Å²) >= 11 is 0. The van der Waals surface area contributed by atoms with Crippen molar-refractivity contribution in [2.24, 2.45) is 0 Å². The van der Waals surface area contributed by atoms with Crippen molar-refractivity contribution in [2.45, 2.75) is 39.7 Å². The Kier molecular flexibility index (Phi) is 5.74. The molecule has 12 heavy (non-hydrogen) atoms. The molecule has 0 saturated carbocycles. The zero-order valence-electron chi connectivity index (χ0n) is 8.72. The van der Waals surface area contributed by atoms with Crippen LogP contribution in [-0.4, -0.2) is 28.6 Å². The monoisotopic (exact) mass is 192 g/mol. The van der Waals surface area contributed by atoms with Gasteiger partial charge < -0.3 is 13.6 Å². The average molecular weight is 192 g/mol. The number of methoxy groups -OCH3 is 1. The van der Waals surface area contributed by atoms with Crippen molar-refractivity contribution in [3.05, 3.63) is 0 Å². The second kappa shape index (κ2) is 5.69. The second-order valence-corrected chi connectivity index (χ2v) is 6.34. The Bertz CT molecular complexity index is 121. The molecule has 0 aromatic carbocycles. The standard InChI is InChI=1S/C8H20O3Si/c1-6-10-12(5,7-2)11-8(3)9-4/h8H,6-7H2,1-5H3. The molecule has 0 aliphatic heterocycles. The van der Waals surface area contributed by atoms with Gasteiger partial charge in [-0.1, -0.05) is 6.92 Å². The maximum atomic E-state index is 5.67. The summed E-state index contributed by atoms with van der Waals surface area (Å²) in [5.74, 6) is 0. The molecule has 0 aromatic heterocycles. The normalized spacial score (nSPS) is 18.8. The van der Waals surface area contributed by atoms with Crippen molar-refractivity contribution in [3.63, 3.8) is 0 Å². The highest BCUT2D eigenvalue weighted by molar-refractivity contribution is 6.65. The van der Waals surface area contributed by atoms with E-state index < -0.39 is 8.56 Å². The lowest BCUT2D eigenvalue weighted by Crippen LogP contribution is -2.41. The molecule has 0 saturated heterocycles. The van der Waals surface area contributed by atoms with Crippen LogP contribution in [-0.2, 0) is 13.6 Å². The molecule has 0 bridgehead atoms. The summed E-state index contributed by atoms with van der Waals surface area (Å²) in [5, 5.41) is 0. The molecule has 0 rings (SSSR count). The number of rotatable bonds is 6. The van der Waals surface area contributed by atoms with Gasteiger partial charge >= 0.3 is 8.56 Å². The molecular weight excluding hydrogens is 172 g/mol. The molecule has 3 nitrogen and oxygen atoms in total. The summed E-state index contributed by atoms with van der Waals surface area (Å²) < 4.78 is 16.3. The van der Waals surface area contributed by atoms with Gasteiger partial charge in [0.15, 0.2) is 0 Å². The Morgan fingerprint density at radius 3 is 2.25 bits per heavy atom. The highest BCUT2D eigenvalue weighted by atomic mass is 28.4. The fourth-order valence-corrected chi connectivity index (χ4v) is 2.77. The van der Waals surface area contributed by atoms with Gasteiger partial charge in [0.2, 0.25) is 0 Å². The molecule has 0 radical (unpaired) electrons. The highest BCUT2D eigenvalue weighted by Crippen LogP contribution is 2.15. The van der Waals surface area contributed by atoms with E-state index in [0.717, 1.165) is 6.04 Å². The van der Waals surface area contributed by atoms with Gasteiger partial charge in [-0.05, 0) is 26.4 Å². The van der Waals surface area contributed by atoms with Crippen LogP contribution in [0.25, 0.3) is 0 Å². The molecule has 2 atom stereocenters. The molecule has 0 aromatic rings. The van der Waals surface area contributed by atoms with E-state index >= 15 is 0 Å². The third kappa shape index (κ3) is 4.20. The summed E-state index contributed by atoms with van der Waals surface area (Å²) in [6, 6.07) is 0.953. The molecule has 0 spiro atoms. The highest BCUT2D eigenvalue weighted by Gasteiger charge is 2.30. The zero-order chi connectivity index (χ0) is 9.61. The Morgan fingerprint density at radius 1 is 1.33 bits per heavy atom. The lowest BCUT2D eigenvalue weighted by atomic mass is 10.8. The maximum Gasteiger partial charge on any atom is 0.336 e. The predicted molar refractivity (Wildman–Crippen MR) is 51.3 cm³/mol. The number of ether oxygens (including phenoxy) is 1. The molecule has 0 heterocycles. The fraction of sp³-hybridized carbons (Fsp3) is 1.00. The van der Waals surface area contributed by atoms with Crippen LogP contribution in [0.15, 0.2) is 0 Å². The van der Waals surface area contributed by atoms with Crippen molar-refractivity contribution >= 4 is 8.56 Å². The van der Waals surface area contributed by atoms with E-state index in [1.807, 2.05) is 13.8 Å². The van der Waals surface area contributed by atoms with Gasteiger partial charge in [-0.15, -0.1) is 0 Å². The van der Waals surface area contributed by atoms with Gasteiger partial charge in [-0.2, -0.15) is 0 Å². The Hall–Kier alpha value is 0.0969. The second-order valence-electron chi connectivity index (χ2n) is 2.84. The first kappa shape index (κ1) is 12.1. The minimum absolute atomic E-state index is 0.159. The molecule has 2 unspecified atom stereocenters. The van der Waals surface area contributed by atoms with Crippen LogP contribution in [0, 0.1) is 0 Å². The summed E-state index contributed by atoms with van der Waals surface area (Å²) in [6.45, 7) is 8.74. The summed E-state index contributed by atoms with van der Waals surface area (Å²) in [5.41, 5.74) is 0. The van der Waals surface area contributed by atoms with Crippen LogP contribution in [0.2, 0.25) is 12.6 Å². The molecule has 4 heteroatoms. The van der Waals surface area contributed by atoms with Gasteiger partial charge in [0, 0.05) is 13.7 Å². The van der Waals surface area contributed by atoms with Crippen LogP contribution in [0.1, 0.15) is 20.8 Å². The molecule has 0 amide bonds. The SMILES string of the molecule is CCO[Si](C)(CC)OC(C)OC. The molecule has 0 fully saturated rings. The van der Waals surface area contributed by atoms with Crippen LogP contribution >= 0.6 is 0 Å². The van der Waals surface area contributed by atoms with E-state index in [9.17, 15) is 0 Å². The van der Waals surface area contributed by atoms with E-state index in [1.54, 1.807) is 7.11 Å². The van der Waals surface area contributed by atoms with Gasteiger partial charge in [0.25, 0.3) is 0 Å². The molecular formula is C8H20O3Si. The Balaban J connectivity index is 3.94. The van der Waals surface area contributed by atoms with Crippen LogP contribution in [0.4, 0.5) is 0 Å². The maximum absolute atomic E-state index is 5.67. The van der Waals surface area contributed by atoms with Crippen LogP contribution in [0.5, 0.6) is 0 Å². The topological polar surface area (TPSA) is 27.7 Å². The molecule has 0 aliphatic rings. The minimum Gasteiger partial charge on any atom is -0.395 e. The first-order chi connectivity index (χ1) is 5.58. The smallest absolute Gasteiger partial charge is 0.336 e. The average Bonchev–Trinajstić information content (AvgIpc) is 2.05. The minimum atomic E-state index is -1.93. The van der Waals surface area contributed by atoms with Crippen LogP contribution < -0.4 is 0 Å². The zero-order valence-corrected chi connectivity index (χ0v) is 9.72. The van der Waals surface area contributed by atoms with Crippen molar-refractivity contribution < 1.29 is 13.6 Å².